The van der Waals surface area contributed by atoms with E-state index >= 15 is 0 Å². The minimum atomic E-state index is -1.14. The van der Waals surface area contributed by atoms with Crippen molar-refractivity contribution in [2.24, 2.45) is 5.92 Å². The van der Waals surface area contributed by atoms with E-state index < -0.39 is 16.2 Å². The molecule has 26 heavy (non-hydrogen) atoms. The summed E-state index contributed by atoms with van der Waals surface area (Å²) in [5.74, 6) is 0.386. The minimum absolute atomic E-state index is 0. The van der Waals surface area contributed by atoms with E-state index in [1.165, 1.54) is 0 Å². The number of aliphatic hydroxyl groups is 1. The Hall–Kier alpha value is -0.950. The molecule has 146 valence electrons. The number of rotatable bonds is 7. The molecule has 0 radical (unpaired) electrons. The topological polar surface area (TPSA) is 66.8 Å². The van der Waals surface area contributed by atoms with Crippen molar-refractivity contribution in [2.75, 3.05) is 38.2 Å². The maximum atomic E-state index is 13.2. The van der Waals surface area contributed by atoms with Gasteiger partial charge in [-0.25, -0.2) is 0 Å². The van der Waals surface area contributed by atoms with E-state index in [2.05, 4.69) is 4.90 Å². The third-order valence-electron chi connectivity index (χ3n) is 5.66. The summed E-state index contributed by atoms with van der Waals surface area (Å²) in [5, 5.41) is 10.2. The Morgan fingerprint density at radius 3 is 2.46 bits per heavy atom. The number of carbonyl (C=O) groups is 1. The van der Waals surface area contributed by atoms with Gasteiger partial charge in [0.2, 0.25) is 0 Å². The van der Waals surface area contributed by atoms with Crippen LogP contribution in [0.3, 0.4) is 0 Å². The summed E-state index contributed by atoms with van der Waals surface area (Å²) in [7, 11) is -1.04. The lowest BCUT2D eigenvalue weighted by atomic mass is 9.78. The van der Waals surface area contributed by atoms with Gasteiger partial charge in [-0.15, -0.1) is 12.4 Å². The quantitative estimate of drug-likeness (QED) is 0.705. The number of benzene rings is 1. The number of halogens is 1. The van der Waals surface area contributed by atoms with Gasteiger partial charge in [-0.05, 0) is 43.8 Å². The fourth-order valence-electron chi connectivity index (χ4n) is 3.97. The number of nitrogens with zero attached hydrogens (tertiary/aromatic N) is 1. The van der Waals surface area contributed by atoms with Crippen LogP contribution >= 0.6 is 12.4 Å². The fourth-order valence-corrected chi connectivity index (χ4v) is 4.60. The van der Waals surface area contributed by atoms with Gasteiger partial charge >= 0.3 is 5.97 Å². The number of esters is 1. The Balaban J connectivity index is 0.00000243. The van der Waals surface area contributed by atoms with Gasteiger partial charge in [0.15, 0.2) is 0 Å². The molecule has 1 aromatic rings. The molecule has 0 saturated carbocycles. The predicted octanol–water partition coefficient (Wildman–Crippen LogP) is 1.74. The summed E-state index contributed by atoms with van der Waals surface area (Å²) >= 11 is 0. The number of aliphatic hydroxyl groups excluding tert-OH is 1. The summed E-state index contributed by atoms with van der Waals surface area (Å²) in [6, 6.07) is 9.26. The third-order valence-corrected chi connectivity index (χ3v) is 6.44. The first-order valence-electron chi connectivity index (χ1n) is 8.95. The smallest absolute Gasteiger partial charge is 0.319 e. The Kier molecular flexibility index (Phi) is 7.64. The van der Waals surface area contributed by atoms with Crippen molar-refractivity contribution in [3.05, 3.63) is 35.9 Å². The molecule has 3 aliphatic heterocycles. The van der Waals surface area contributed by atoms with Crippen molar-refractivity contribution in [2.45, 2.75) is 30.8 Å². The SMILES string of the molecule is CS(=O)CC[C@](CO)(C(=O)O[C@H]1CN2CCC1CC2)c1ccccc1.Cl. The molecule has 0 amide bonds. The second-order valence-electron chi connectivity index (χ2n) is 7.22. The number of piperidine rings is 3. The standard InChI is InChI=1S/C19H27NO4S.ClH/c1-25(23)12-9-19(14-21,16-5-3-2-4-6-16)18(22)24-17-13-20-10-7-15(17)8-11-20;/h2-6,15,17,21H,7-14H2,1H3;1H/t17-,19+,25?;/m0./s1. The highest BCUT2D eigenvalue weighted by Gasteiger charge is 2.45. The van der Waals surface area contributed by atoms with E-state index in [0.29, 0.717) is 18.1 Å². The van der Waals surface area contributed by atoms with Gasteiger partial charge in [0, 0.05) is 29.4 Å². The highest BCUT2D eigenvalue weighted by atomic mass is 35.5. The van der Waals surface area contributed by atoms with Crippen LogP contribution in [-0.2, 0) is 25.7 Å². The second kappa shape index (κ2) is 9.31. The highest BCUT2D eigenvalue weighted by Crippen LogP contribution is 2.34. The predicted molar refractivity (Wildman–Crippen MR) is 105 cm³/mol. The first-order valence-corrected chi connectivity index (χ1v) is 10.7. The van der Waals surface area contributed by atoms with Crippen molar-refractivity contribution in [1.82, 2.24) is 4.90 Å². The van der Waals surface area contributed by atoms with Crippen LogP contribution < -0.4 is 0 Å². The van der Waals surface area contributed by atoms with E-state index in [1.807, 2.05) is 30.3 Å². The lowest BCUT2D eigenvalue weighted by molar-refractivity contribution is -0.167. The van der Waals surface area contributed by atoms with E-state index in [4.69, 9.17) is 4.74 Å². The van der Waals surface area contributed by atoms with Crippen molar-refractivity contribution in [1.29, 1.82) is 0 Å². The zero-order valence-corrected chi connectivity index (χ0v) is 16.8. The summed E-state index contributed by atoms with van der Waals surface area (Å²) < 4.78 is 17.6. The number of ether oxygens (including phenoxy) is 1. The molecular formula is C19H28ClNO4S. The number of fused-ring (bicyclic) bond motifs is 3. The average Bonchev–Trinajstić information content (AvgIpc) is 2.64. The molecule has 2 bridgehead atoms. The van der Waals surface area contributed by atoms with Crippen molar-refractivity contribution in [3.8, 4) is 0 Å². The molecule has 1 unspecified atom stereocenters. The van der Waals surface area contributed by atoms with Gasteiger partial charge in [-0.1, -0.05) is 30.3 Å². The molecule has 3 aliphatic rings. The minimum Gasteiger partial charge on any atom is -0.460 e. The zero-order chi connectivity index (χ0) is 17.9. The van der Waals surface area contributed by atoms with Crippen LogP contribution in [0, 0.1) is 5.92 Å². The molecule has 1 N–H and O–H groups in total. The molecule has 3 heterocycles. The number of hydrogen-bond acceptors (Lipinski definition) is 5. The van der Waals surface area contributed by atoms with E-state index in [0.717, 1.165) is 38.0 Å². The Morgan fingerprint density at radius 2 is 1.96 bits per heavy atom. The molecule has 1 aromatic carbocycles. The summed E-state index contributed by atoms with van der Waals surface area (Å²) in [4.78, 5) is 15.5. The average molecular weight is 402 g/mol. The van der Waals surface area contributed by atoms with Crippen LogP contribution in [-0.4, -0.2) is 64.5 Å². The maximum Gasteiger partial charge on any atom is 0.319 e. The Bertz CT molecular complexity index is 621. The normalized spacial score (nSPS) is 27.8. The van der Waals surface area contributed by atoms with Crippen LogP contribution in [0.1, 0.15) is 24.8 Å². The first-order chi connectivity index (χ1) is 12.0. The lowest BCUT2D eigenvalue weighted by Gasteiger charge is -2.45. The van der Waals surface area contributed by atoms with Crippen LogP contribution in [0.5, 0.6) is 0 Å². The largest absolute Gasteiger partial charge is 0.460 e. The van der Waals surface area contributed by atoms with Gasteiger partial charge < -0.3 is 9.84 Å². The zero-order valence-electron chi connectivity index (χ0n) is 15.1. The number of hydrogen-bond donors (Lipinski definition) is 1. The molecule has 5 nitrogen and oxygen atoms in total. The molecule has 0 spiro atoms. The molecule has 4 rings (SSSR count). The molecule has 7 heteroatoms. The second-order valence-corrected chi connectivity index (χ2v) is 8.77. The first kappa shape index (κ1) is 21.4. The summed E-state index contributed by atoms with van der Waals surface area (Å²) in [5.41, 5.74) is -0.409. The highest BCUT2D eigenvalue weighted by molar-refractivity contribution is 7.84. The van der Waals surface area contributed by atoms with Gasteiger partial charge in [0.1, 0.15) is 11.5 Å². The van der Waals surface area contributed by atoms with Crippen LogP contribution in [0.25, 0.3) is 0 Å². The van der Waals surface area contributed by atoms with Crippen molar-refractivity contribution >= 4 is 29.2 Å². The molecule has 3 saturated heterocycles. The monoisotopic (exact) mass is 401 g/mol. The van der Waals surface area contributed by atoms with Crippen LogP contribution in [0.2, 0.25) is 0 Å². The summed E-state index contributed by atoms with van der Waals surface area (Å²) in [6.07, 6.45) is 3.96. The molecule has 0 aliphatic carbocycles. The van der Waals surface area contributed by atoms with Crippen molar-refractivity contribution < 1.29 is 18.8 Å². The molecule has 3 atom stereocenters. The van der Waals surface area contributed by atoms with E-state index in [-0.39, 0.29) is 31.1 Å². The van der Waals surface area contributed by atoms with Crippen molar-refractivity contribution in [3.63, 3.8) is 0 Å². The molecule has 0 aromatic heterocycles. The lowest BCUT2D eigenvalue weighted by Crippen LogP contribution is -2.54. The Labute approximate surface area is 164 Å². The van der Waals surface area contributed by atoms with Gasteiger partial charge in [0.05, 0.1) is 6.61 Å². The van der Waals surface area contributed by atoms with Gasteiger partial charge in [-0.3, -0.25) is 13.9 Å². The molecule has 3 fully saturated rings. The number of carbonyl (C=O) groups excluding carboxylic acids is 1. The Morgan fingerprint density at radius 1 is 1.31 bits per heavy atom. The van der Waals surface area contributed by atoms with Crippen LogP contribution in [0.15, 0.2) is 30.3 Å². The van der Waals surface area contributed by atoms with Crippen LogP contribution in [0.4, 0.5) is 0 Å². The third kappa shape index (κ3) is 4.47. The van der Waals surface area contributed by atoms with E-state index in [1.54, 1.807) is 6.26 Å². The maximum absolute atomic E-state index is 13.2. The summed E-state index contributed by atoms with van der Waals surface area (Å²) in [6.45, 7) is 2.61. The molecular weight excluding hydrogens is 374 g/mol. The van der Waals surface area contributed by atoms with E-state index in [9.17, 15) is 14.1 Å². The van der Waals surface area contributed by atoms with Gasteiger partial charge in [-0.2, -0.15) is 0 Å². The fraction of sp³-hybridized carbons (Fsp3) is 0.632. The van der Waals surface area contributed by atoms with Gasteiger partial charge in [0.25, 0.3) is 0 Å².